The van der Waals surface area contributed by atoms with Crippen molar-refractivity contribution in [3.63, 3.8) is 0 Å². The van der Waals surface area contributed by atoms with Crippen LogP contribution in [0.1, 0.15) is 10.4 Å². The topological polar surface area (TPSA) is 89.1 Å². The summed E-state index contributed by atoms with van der Waals surface area (Å²) in [4.78, 5) is 23.3. The number of nitrogens with one attached hydrogen (secondary N) is 1. The van der Waals surface area contributed by atoms with Crippen LogP contribution in [-0.4, -0.2) is 25.3 Å². The normalized spacial score (nSPS) is 11.2. The van der Waals surface area contributed by atoms with E-state index in [-0.39, 0.29) is 0 Å². The summed E-state index contributed by atoms with van der Waals surface area (Å²) in [5.74, 6) is -0.461. The van der Waals surface area contributed by atoms with Gasteiger partial charge in [0.2, 0.25) is 5.91 Å². The number of primary amides is 1. The van der Waals surface area contributed by atoms with E-state index in [0.717, 1.165) is 27.8 Å². The fourth-order valence-corrected chi connectivity index (χ4v) is 2.41. The minimum absolute atomic E-state index is 0.449. The minimum Gasteiger partial charge on any atom is -0.366 e. The number of fused-ring (bicyclic) bond motifs is 2. The van der Waals surface area contributed by atoms with Crippen LogP contribution in [0.15, 0.2) is 49.2 Å². The van der Waals surface area contributed by atoms with Crippen molar-refractivity contribution < 1.29 is 4.79 Å². The highest BCUT2D eigenvalue weighted by Gasteiger charge is 2.11. The Morgan fingerprint density at radius 3 is 3.00 bits per heavy atom. The number of rotatable bonds is 2. The molecule has 0 spiro atoms. The lowest BCUT2D eigenvalue weighted by molar-refractivity contribution is 0.100. The number of pyridine rings is 2. The molecule has 21 heavy (non-hydrogen) atoms. The summed E-state index contributed by atoms with van der Waals surface area (Å²) in [7, 11) is 0. The molecule has 4 aromatic heterocycles. The molecule has 4 heterocycles. The van der Waals surface area contributed by atoms with Gasteiger partial charge in [0.1, 0.15) is 12.0 Å². The van der Waals surface area contributed by atoms with Gasteiger partial charge in [-0.15, -0.1) is 0 Å². The molecule has 0 aromatic carbocycles. The third-order valence-electron chi connectivity index (χ3n) is 3.50. The molecule has 0 unspecified atom stereocenters. The van der Waals surface area contributed by atoms with Gasteiger partial charge >= 0.3 is 0 Å². The second-order valence-electron chi connectivity index (χ2n) is 4.80. The largest absolute Gasteiger partial charge is 0.366 e. The first-order valence-corrected chi connectivity index (χ1v) is 6.42. The van der Waals surface area contributed by atoms with Gasteiger partial charge in [-0.1, -0.05) is 0 Å². The standard InChI is InChI=1S/C15H11N5O/c16-15(21)9-2-4-20-8-19-14(13(20)5-9)12-6-11-10(7-18-12)1-3-17-11/h1-8,17H,(H2,16,21). The van der Waals surface area contributed by atoms with Crippen molar-refractivity contribution in [3.05, 3.63) is 54.7 Å². The molecule has 0 bridgehead atoms. The van der Waals surface area contributed by atoms with Crippen LogP contribution in [0.2, 0.25) is 0 Å². The van der Waals surface area contributed by atoms with E-state index in [4.69, 9.17) is 5.73 Å². The Bertz CT molecular complexity index is 982. The fraction of sp³-hybridized carbons (Fsp3) is 0. The van der Waals surface area contributed by atoms with Gasteiger partial charge in [0.05, 0.1) is 11.2 Å². The van der Waals surface area contributed by atoms with Crippen molar-refractivity contribution in [3.8, 4) is 11.4 Å². The molecular formula is C15H11N5O. The Morgan fingerprint density at radius 1 is 1.24 bits per heavy atom. The quantitative estimate of drug-likeness (QED) is 0.587. The average molecular weight is 277 g/mol. The number of carbonyl (C=O) groups excluding carboxylic acids is 1. The third kappa shape index (κ3) is 1.77. The molecule has 4 rings (SSSR count). The second kappa shape index (κ2) is 4.17. The number of hydrogen-bond donors (Lipinski definition) is 2. The smallest absolute Gasteiger partial charge is 0.248 e. The summed E-state index contributed by atoms with van der Waals surface area (Å²) in [6.45, 7) is 0. The monoisotopic (exact) mass is 277 g/mol. The van der Waals surface area contributed by atoms with E-state index >= 15 is 0 Å². The number of imidazole rings is 1. The summed E-state index contributed by atoms with van der Waals surface area (Å²) >= 11 is 0. The Hall–Kier alpha value is -3.15. The van der Waals surface area contributed by atoms with Crippen LogP contribution in [0, 0.1) is 0 Å². The summed E-state index contributed by atoms with van der Waals surface area (Å²) in [5.41, 5.74) is 9.03. The van der Waals surface area contributed by atoms with Gasteiger partial charge < -0.3 is 15.1 Å². The summed E-state index contributed by atoms with van der Waals surface area (Å²) in [6.07, 6.45) is 7.12. The molecule has 0 aliphatic carbocycles. The van der Waals surface area contributed by atoms with Crippen molar-refractivity contribution in [2.75, 3.05) is 0 Å². The zero-order valence-electron chi connectivity index (χ0n) is 10.9. The molecule has 0 aliphatic heterocycles. The van der Waals surface area contributed by atoms with Gasteiger partial charge in [-0.25, -0.2) is 4.98 Å². The molecule has 4 aromatic rings. The number of aromatic amines is 1. The van der Waals surface area contributed by atoms with Crippen LogP contribution in [0.25, 0.3) is 27.8 Å². The van der Waals surface area contributed by atoms with Gasteiger partial charge in [0, 0.05) is 35.1 Å². The number of hydrogen-bond acceptors (Lipinski definition) is 3. The Kier molecular flexibility index (Phi) is 2.32. The Labute approximate surface area is 119 Å². The predicted octanol–water partition coefficient (Wildman–Crippen LogP) is 1.98. The molecule has 0 saturated carbocycles. The lowest BCUT2D eigenvalue weighted by Crippen LogP contribution is -2.10. The van der Waals surface area contributed by atoms with Crippen molar-refractivity contribution in [1.29, 1.82) is 0 Å². The van der Waals surface area contributed by atoms with Crippen LogP contribution < -0.4 is 5.73 Å². The molecule has 0 saturated heterocycles. The van der Waals surface area contributed by atoms with E-state index in [9.17, 15) is 4.79 Å². The van der Waals surface area contributed by atoms with E-state index in [2.05, 4.69) is 15.0 Å². The lowest BCUT2D eigenvalue weighted by Gasteiger charge is -2.01. The van der Waals surface area contributed by atoms with Crippen LogP contribution in [0.5, 0.6) is 0 Å². The number of H-pyrrole nitrogens is 1. The van der Waals surface area contributed by atoms with E-state index < -0.39 is 5.91 Å². The predicted molar refractivity (Wildman–Crippen MR) is 78.8 cm³/mol. The van der Waals surface area contributed by atoms with Crippen molar-refractivity contribution >= 4 is 22.3 Å². The van der Waals surface area contributed by atoms with Crippen molar-refractivity contribution in [1.82, 2.24) is 19.4 Å². The maximum Gasteiger partial charge on any atom is 0.248 e. The highest BCUT2D eigenvalue weighted by atomic mass is 16.1. The first-order chi connectivity index (χ1) is 10.2. The van der Waals surface area contributed by atoms with Crippen molar-refractivity contribution in [2.24, 2.45) is 5.73 Å². The molecule has 0 atom stereocenters. The van der Waals surface area contributed by atoms with Gasteiger partial charge in [-0.05, 0) is 24.3 Å². The molecule has 0 radical (unpaired) electrons. The average Bonchev–Trinajstić information content (AvgIpc) is 3.12. The SMILES string of the molecule is NC(=O)c1ccn2cnc(-c3cc4[nH]ccc4cn3)c2c1. The highest BCUT2D eigenvalue weighted by molar-refractivity contribution is 5.95. The Morgan fingerprint density at radius 2 is 2.14 bits per heavy atom. The number of aromatic nitrogens is 4. The Balaban J connectivity index is 1.96. The fourth-order valence-electron chi connectivity index (χ4n) is 2.41. The molecule has 0 aliphatic rings. The van der Waals surface area contributed by atoms with Crippen LogP contribution in [0.3, 0.4) is 0 Å². The van der Waals surface area contributed by atoms with Gasteiger partial charge in [0.25, 0.3) is 0 Å². The molecule has 102 valence electrons. The van der Waals surface area contributed by atoms with Gasteiger partial charge in [-0.2, -0.15) is 0 Å². The number of nitrogens with zero attached hydrogens (tertiary/aromatic N) is 3. The molecular weight excluding hydrogens is 266 g/mol. The zero-order chi connectivity index (χ0) is 14.4. The maximum atomic E-state index is 11.3. The number of carbonyl (C=O) groups is 1. The van der Waals surface area contributed by atoms with E-state index in [1.165, 1.54) is 0 Å². The first kappa shape index (κ1) is 11.7. The number of amides is 1. The van der Waals surface area contributed by atoms with Crippen LogP contribution >= 0.6 is 0 Å². The highest BCUT2D eigenvalue weighted by Crippen LogP contribution is 2.24. The maximum absolute atomic E-state index is 11.3. The molecule has 1 amide bonds. The molecule has 0 fully saturated rings. The third-order valence-corrected chi connectivity index (χ3v) is 3.50. The number of nitrogens with two attached hydrogens (primary N) is 1. The summed E-state index contributed by atoms with van der Waals surface area (Å²) in [5, 5.41) is 1.04. The summed E-state index contributed by atoms with van der Waals surface area (Å²) < 4.78 is 1.84. The molecule has 3 N–H and O–H groups in total. The minimum atomic E-state index is -0.461. The zero-order valence-corrected chi connectivity index (χ0v) is 10.9. The molecule has 6 nitrogen and oxygen atoms in total. The van der Waals surface area contributed by atoms with E-state index in [1.807, 2.05) is 22.7 Å². The van der Waals surface area contributed by atoms with E-state index in [0.29, 0.717) is 5.56 Å². The van der Waals surface area contributed by atoms with Gasteiger partial charge in [0.15, 0.2) is 0 Å². The van der Waals surface area contributed by atoms with E-state index in [1.54, 1.807) is 30.9 Å². The second-order valence-corrected chi connectivity index (χ2v) is 4.80. The molecule has 6 heteroatoms. The van der Waals surface area contributed by atoms with Crippen molar-refractivity contribution in [2.45, 2.75) is 0 Å². The van der Waals surface area contributed by atoms with Crippen LogP contribution in [-0.2, 0) is 0 Å². The summed E-state index contributed by atoms with van der Waals surface area (Å²) in [6, 6.07) is 7.30. The lowest BCUT2D eigenvalue weighted by atomic mass is 10.1. The first-order valence-electron chi connectivity index (χ1n) is 6.42. The van der Waals surface area contributed by atoms with Crippen LogP contribution in [0.4, 0.5) is 0 Å². The van der Waals surface area contributed by atoms with Gasteiger partial charge in [-0.3, -0.25) is 9.78 Å².